The second-order valence-electron chi connectivity index (χ2n) is 5.86. The molecule has 134 valence electrons. The highest BCUT2D eigenvalue weighted by Crippen LogP contribution is 2.15. The predicted molar refractivity (Wildman–Crippen MR) is 88.5 cm³/mol. The van der Waals surface area contributed by atoms with E-state index in [1.54, 1.807) is 4.68 Å². The molecule has 1 unspecified atom stereocenters. The zero-order valence-electron chi connectivity index (χ0n) is 14.9. The van der Waals surface area contributed by atoms with Gasteiger partial charge in [-0.3, -0.25) is 14.3 Å². The van der Waals surface area contributed by atoms with Gasteiger partial charge in [-0.1, -0.05) is 0 Å². The molecule has 2 N–H and O–H groups in total. The summed E-state index contributed by atoms with van der Waals surface area (Å²) in [6.07, 6.45) is 0.707. The van der Waals surface area contributed by atoms with E-state index >= 15 is 0 Å². The number of carbonyl (C=O) groups is 3. The maximum absolute atomic E-state index is 12.5. The van der Waals surface area contributed by atoms with Gasteiger partial charge in [-0.2, -0.15) is 5.10 Å². The molecule has 1 atom stereocenters. The van der Waals surface area contributed by atoms with Gasteiger partial charge in [-0.25, -0.2) is 4.79 Å². The Morgan fingerprint density at radius 3 is 2.42 bits per heavy atom. The van der Waals surface area contributed by atoms with Gasteiger partial charge in [0.05, 0.1) is 5.69 Å². The molecule has 0 bridgehead atoms. The quantitative estimate of drug-likeness (QED) is 0.714. The molecule has 0 saturated heterocycles. The summed E-state index contributed by atoms with van der Waals surface area (Å²) in [7, 11) is 1.85. The number of carboxylic acids is 1. The van der Waals surface area contributed by atoms with E-state index in [-0.39, 0.29) is 31.3 Å². The van der Waals surface area contributed by atoms with Gasteiger partial charge >= 0.3 is 5.97 Å². The van der Waals surface area contributed by atoms with Crippen LogP contribution >= 0.6 is 0 Å². The van der Waals surface area contributed by atoms with E-state index in [0.29, 0.717) is 6.42 Å². The third-order valence-electron chi connectivity index (χ3n) is 4.12. The lowest BCUT2D eigenvalue weighted by atomic mass is 10.1. The average molecular weight is 338 g/mol. The molecule has 0 aliphatic heterocycles. The van der Waals surface area contributed by atoms with Crippen molar-refractivity contribution >= 4 is 17.8 Å². The third-order valence-corrected chi connectivity index (χ3v) is 4.12. The zero-order chi connectivity index (χ0) is 18.4. The van der Waals surface area contributed by atoms with E-state index in [1.807, 2.05) is 20.9 Å². The van der Waals surface area contributed by atoms with Gasteiger partial charge in [0, 0.05) is 39.2 Å². The molecule has 1 rings (SSSR count). The van der Waals surface area contributed by atoms with Crippen LogP contribution in [0.15, 0.2) is 0 Å². The number of carbonyl (C=O) groups excluding carboxylic acids is 2. The van der Waals surface area contributed by atoms with Crippen LogP contribution in [0.5, 0.6) is 0 Å². The molecule has 1 aromatic rings. The van der Waals surface area contributed by atoms with Crippen molar-refractivity contribution in [1.29, 1.82) is 0 Å². The van der Waals surface area contributed by atoms with Gasteiger partial charge < -0.3 is 15.3 Å². The van der Waals surface area contributed by atoms with Crippen LogP contribution in [0.1, 0.15) is 37.2 Å². The topological polar surface area (TPSA) is 105 Å². The monoisotopic (exact) mass is 338 g/mol. The third kappa shape index (κ3) is 5.07. The molecule has 1 aromatic heterocycles. The molecule has 2 amide bonds. The van der Waals surface area contributed by atoms with E-state index in [2.05, 4.69) is 10.4 Å². The zero-order valence-corrected chi connectivity index (χ0v) is 14.9. The second kappa shape index (κ2) is 8.47. The highest BCUT2D eigenvalue weighted by molar-refractivity contribution is 5.83. The molecule has 0 saturated carbocycles. The largest absolute Gasteiger partial charge is 0.480 e. The lowest BCUT2D eigenvalue weighted by Crippen LogP contribution is -2.46. The fourth-order valence-corrected chi connectivity index (χ4v) is 2.57. The van der Waals surface area contributed by atoms with Gasteiger partial charge in [0.2, 0.25) is 11.8 Å². The summed E-state index contributed by atoms with van der Waals surface area (Å²) >= 11 is 0. The minimum atomic E-state index is -1.07. The Balaban J connectivity index is 2.76. The van der Waals surface area contributed by atoms with Crippen molar-refractivity contribution in [3.63, 3.8) is 0 Å². The van der Waals surface area contributed by atoms with Crippen LogP contribution in [0.2, 0.25) is 0 Å². The summed E-state index contributed by atoms with van der Waals surface area (Å²) in [5.74, 6) is -1.54. The highest BCUT2D eigenvalue weighted by atomic mass is 16.4. The van der Waals surface area contributed by atoms with Crippen molar-refractivity contribution in [2.24, 2.45) is 7.05 Å². The number of rotatable bonds is 8. The molecule has 0 aliphatic carbocycles. The van der Waals surface area contributed by atoms with Crippen LogP contribution in [0.25, 0.3) is 0 Å². The first kappa shape index (κ1) is 19.7. The van der Waals surface area contributed by atoms with Gasteiger partial charge in [-0.15, -0.1) is 0 Å². The van der Waals surface area contributed by atoms with Crippen molar-refractivity contribution in [2.45, 2.75) is 46.6 Å². The molecule has 0 spiro atoms. The maximum Gasteiger partial charge on any atom is 0.326 e. The number of aliphatic carboxylic acids is 1. The van der Waals surface area contributed by atoms with Crippen molar-refractivity contribution in [3.05, 3.63) is 17.0 Å². The molecule has 0 aliphatic rings. The molecule has 0 aromatic carbocycles. The number of nitrogens with zero attached hydrogens (tertiary/aromatic N) is 3. The fourth-order valence-electron chi connectivity index (χ4n) is 2.57. The van der Waals surface area contributed by atoms with Crippen LogP contribution in [0.3, 0.4) is 0 Å². The molecule has 8 heteroatoms. The van der Waals surface area contributed by atoms with Gasteiger partial charge in [0.25, 0.3) is 0 Å². The van der Waals surface area contributed by atoms with E-state index < -0.39 is 12.0 Å². The number of aromatic nitrogens is 2. The summed E-state index contributed by atoms with van der Waals surface area (Å²) in [6.45, 7) is 7.06. The summed E-state index contributed by atoms with van der Waals surface area (Å²) < 4.78 is 1.77. The van der Waals surface area contributed by atoms with Gasteiger partial charge in [0.15, 0.2) is 0 Å². The first-order valence-electron chi connectivity index (χ1n) is 7.91. The summed E-state index contributed by atoms with van der Waals surface area (Å²) in [5, 5.41) is 16.1. The summed E-state index contributed by atoms with van der Waals surface area (Å²) in [5.41, 5.74) is 2.88. The lowest BCUT2D eigenvalue weighted by molar-refractivity contribution is -0.149. The average Bonchev–Trinajstić information content (AvgIpc) is 2.73. The van der Waals surface area contributed by atoms with E-state index in [9.17, 15) is 19.5 Å². The van der Waals surface area contributed by atoms with Gasteiger partial charge in [-0.05, 0) is 32.8 Å². The number of amides is 2. The van der Waals surface area contributed by atoms with E-state index in [0.717, 1.165) is 17.0 Å². The Hall–Kier alpha value is -2.38. The normalized spacial score (nSPS) is 11.9. The predicted octanol–water partition coefficient (Wildman–Crippen LogP) is 0.407. The van der Waals surface area contributed by atoms with E-state index in [4.69, 9.17) is 0 Å². The molecule has 8 nitrogen and oxygen atoms in total. The molecule has 1 heterocycles. The van der Waals surface area contributed by atoms with E-state index in [1.165, 1.54) is 18.7 Å². The van der Waals surface area contributed by atoms with Crippen molar-refractivity contribution in [1.82, 2.24) is 20.0 Å². The number of carboxylic acid groups (broad SMARTS) is 1. The van der Waals surface area contributed by atoms with Crippen molar-refractivity contribution in [2.75, 3.05) is 13.1 Å². The molecule has 24 heavy (non-hydrogen) atoms. The minimum absolute atomic E-state index is 0.164. The van der Waals surface area contributed by atoms with Crippen LogP contribution in [0.4, 0.5) is 0 Å². The first-order valence-corrected chi connectivity index (χ1v) is 7.91. The SMILES string of the molecule is CC(=O)NCCN(C(=O)CCc1c(C)nn(C)c1C)C(C)C(=O)O. The highest BCUT2D eigenvalue weighted by Gasteiger charge is 2.25. The van der Waals surface area contributed by atoms with Crippen molar-refractivity contribution in [3.8, 4) is 0 Å². The smallest absolute Gasteiger partial charge is 0.326 e. The van der Waals surface area contributed by atoms with Crippen LogP contribution < -0.4 is 5.32 Å². The van der Waals surface area contributed by atoms with Crippen LogP contribution in [-0.2, 0) is 27.9 Å². The Morgan fingerprint density at radius 2 is 1.96 bits per heavy atom. The molecular formula is C16H26N4O4. The summed E-state index contributed by atoms with van der Waals surface area (Å²) in [6, 6.07) is -0.942. The molecule has 0 fully saturated rings. The van der Waals surface area contributed by atoms with Crippen molar-refractivity contribution < 1.29 is 19.5 Å². The minimum Gasteiger partial charge on any atom is -0.480 e. The standard InChI is InChI=1S/C16H26N4O4/c1-10-14(11(2)19(5)18-10)6-7-15(22)20(12(3)16(23)24)9-8-17-13(4)21/h12H,6-9H2,1-5H3,(H,17,21)(H,23,24). The number of aryl methyl sites for hydroxylation is 2. The second-order valence-corrected chi connectivity index (χ2v) is 5.86. The maximum atomic E-state index is 12.5. The summed E-state index contributed by atoms with van der Waals surface area (Å²) in [4.78, 5) is 36.0. The van der Waals surface area contributed by atoms with Gasteiger partial charge in [0.1, 0.15) is 6.04 Å². The Kier molecular flexibility index (Phi) is 6.94. The Morgan fingerprint density at radius 1 is 1.33 bits per heavy atom. The Labute approximate surface area is 141 Å². The van der Waals surface area contributed by atoms with Crippen LogP contribution in [-0.4, -0.2) is 56.7 Å². The fraction of sp³-hybridized carbons (Fsp3) is 0.625. The first-order chi connectivity index (χ1) is 11.1. The number of hydrogen-bond donors (Lipinski definition) is 2. The number of hydrogen-bond acceptors (Lipinski definition) is 4. The molecule has 0 radical (unpaired) electrons. The van der Waals surface area contributed by atoms with Crippen LogP contribution in [0, 0.1) is 13.8 Å². The molecular weight excluding hydrogens is 312 g/mol. The lowest BCUT2D eigenvalue weighted by Gasteiger charge is -2.26. The number of nitrogens with one attached hydrogen (secondary N) is 1. The Bertz CT molecular complexity index is 624.